The largest absolute Gasteiger partial charge is 0.311 e. The van der Waals surface area contributed by atoms with Crippen LogP contribution in [0.3, 0.4) is 0 Å². The lowest BCUT2D eigenvalue weighted by Crippen LogP contribution is -2.61. The quantitative estimate of drug-likeness (QED) is 0.118. The molecule has 2 aliphatic rings. The monoisotopic (exact) mass is 1450 g/mol. The van der Waals surface area contributed by atoms with Crippen LogP contribution in [-0.4, -0.2) is 41.2 Å². The summed E-state index contributed by atoms with van der Waals surface area (Å²) >= 11 is 0. The number of rotatable bonds is 11. The molecule has 13 aromatic carbocycles. The molecular weight excluding hydrogens is 1340 g/mol. The summed E-state index contributed by atoms with van der Waals surface area (Å²) in [7, 11) is 0. The number of hydrogen-bond donors (Lipinski definition) is 0. The number of benzene rings is 13. The van der Waals surface area contributed by atoms with E-state index in [1.54, 1.807) is 18.2 Å². The van der Waals surface area contributed by atoms with Crippen LogP contribution in [0.15, 0.2) is 303 Å². The van der Waals surface area contributed by atoms with Crippen LogP contribution in [0.2, 0.25) is 0 Å². The van der Waals surface area contributed by atoms with Crippen molar-refractivity contribution in [3.63, 3.8) is 0 Å². The Morgan fingerprint density at radius 1 is 0.273 bits per heavy atom. The van der Waals surface area contributed by atoms with E-state index in [0.29, 0.717) is 89.9 Å². The molecule has 16 aromatic rings. The van der Waals surface area contributed by atoms with Crippen molar-refractivity contribution in [2.75, 3.05) is 9.80 Å². The van der Waals surface area contributed by atoms with Crippen molar-refractivity contribution in [3.8, 4) is 96.3 Å². The Morgan fingerprint density at radius 3 is 1.09 bits per heavy atom. The van der Waals surface area contributed by atoms with Crippen molar-refractivity contribution in [2.45, 2.75) is 105 Å². The highest BCUT2D eigenvalue weighted by Gasteiger charge is 2.46. The minimum atomic E-state index is -0.997. The molecule has 0 fully saturated rings. The third kappa shape index (κ3) is 12.4. The maximum Gasteiger partial charge on any atom is 0.252 e. The molecule has 9 nitrogen and oxygen atoms in total. The summed E-state index contributed by atoms with van der Waals surface area (Å²) in [5.41, 5.74) is 6.99. The number of nitrogens with zero attached hydrogens (tertiary/aromatic N) is 9. The number of aromatic nitrogens is 7. The molecule has 110 heavy (non-hydrogen) atoms. The smallest absolute Gasteiger partial charge is 0.252 e. The Labute approximate surface area is 678 Å². The molecule has 5 heterocycles. The minimum absolute atomic E-state index is 0.122. The van der Waals surface area contributed by atoms with Gasteiger partial charge in [0.2, 0.25) is 0 Å². The summed E-state index contributed by atoms with van der Waals surface area (Å²) in [6, 6.07) is 36.8. The van der Waals surface area contributed by atoms with Gasteiger partial charge >= 0.3 is 0 Å². The number of para-hydroxylation sites is 2. The number of hydrogen-bond acceptors (Lipinski definition) is 8. The van der Waals surface area contributed by atoms with Gasteiger partial charge in [0.05, 0.1) is 53.9 Å². The minimum Gasteiger partial charge on any atom is -0.311 e. The SMILES string of the molecule is [2H]c1c([2H])c([2H])c(-c2ccc3c(c2)N(c2ccc(C(C)(C)C)cc2-c2nc(-c4c([2H])c([2H])c([2H])c([2H])c4[2H])nc(-c4c([2H])c([2H])c([2H])c([2H])c4[2H])n2)c2cc(-c4cc(C(C)(C)C)cc(C(C)(C)C)c4)cc4c2B3c2ccc(-n3c5c([2H])c([2H])c([2H])c([2H])c5c5c([2H])c([2H])c([2H])c([2H])c53)cc2N4c2ccc(C(C)(C)C)cc2-c2nc(-c3ccccc3)nc(-c3ccccc3)n2)c([2H])c1[2H]. The zero-order chi connectivity index (χ0) is 95.6. The highest BCUT2D eigenvalue weighted by Crippen LogP contribution is 2.52. The summed E-state index contributed by atoms with van der Waals surface area (Å²) in [5, 5.41) is -0.321. The van der Waals surface area contributed by atoms with Crippen molar-refractivity contribution in [2.24, 2.45) is 0 Å². The molecule has 0 atom stereocenters. The van der Waals surface area contributed by atoms with Crippen LogP contribution < -0.4 is 26.2 Å². The molecule has 0 radical (unpaired) electrons. The van der Waals surface area contributed by atoms with E-state index in [1.165, 1.54) is 4.57 Å². The molecule has 2 aliphatic heterocycles. The second-order valence-corrected chi connectivity index (χ2v) is 31.9. The van der Waals surface area contributed by atoms with Crippen LogP contribution in [0.5, 0.6) is 0 Å². The predicted octanol–water partition coefficient (Wildman–Crippen LogP) is 23.8. The highest BCUT2D eigenvalue weighted by atomic mass is 15.2. The van der Waals surface area contributed by atoms with Gasteiger partial charge in [-0.05, 0) is 149 Å². The molecule has 0 bridgehead atoms. The van der Waals surface area contributed by atoms with Gasteiger partial charge in [-0.2, -0.15) is 0 Å². The Hall–Kier alpha value is -12.7. The summed E-state index contributed by atoms with van der Waals surface area (Å²) in [6.45, 7) is 23.9. The summed E-state index contributed by atoms with van der Waals surface area (Å²) in [6.07, 6.45) is 0. The van der Waals surface area contributed by atoms with Crippen LogP contribution in [-0.2, 0) is 21.7 Å². The van der Waals surface area contributed by atoms with Crippen LogP contribution >= 0.6 is 0 Å². The van der Waals surface area contributed by atoms with Gasteiger partial charge in [-0.3, -0.25) is 0 Å². The standard InChI is InChI=1S/C100H86BN9/c1-97(2,3)71-47-52-84(78(60-71)95-104-91(64-34-20-14-21-35-64)102-92(105-95)65-36-22-15-23-37-65)109-86-56-68(63-32-18-13-19-33-63)46-50-80(86)101-81-51-49-75(108-82-44-30-28-42-76(82)77-43-29-31-45-83(77)108)62-87(81)110(89-58-70(57-88(109)90(89)101)69-54-73(99(7,8)9)59-74(55-69)100(10,11)12)85-53-48-72(98(4,5)6)61-79(85)96-106-93(66-38-24-16-25-39-66)103-94(107-96)67-40-26-17-27-41-67/h13-62H,1-12H3/i13D,14D,15D,18D,19D,20D,21D,22D,23D,28D,29D,30D,31D,32D,33D,34D,35D,36D,37D,42D,43D,44D,45D. The average Bonchev–Trinajstić information content (AvgIpc) is 1.47. The zero-order valence-corrected chi connectivity index (χ0v) is 62.7. The number of fused-ring (bicyclic) bond motifs is 7. The van der Waals surface area contributed by atoms with Crippen molar-refractivity contribution in [1.82, 2.24) is 34.5 Å². The van der Waals surface area contributed by atoms with Crippen molar-refractivity contribution >= 4 is 79.0 Å². The lowest BCUT2D eigenvalue weighted by Gasteiger charge is -2.45. The molecule has 0 unspecified atom stereocenters. The van der Waals surface area contributed by atoms with Gasteiger partial charge in [0, 0.05) is 72.6 Å². The van der Waals surface area contributed by atoms with E-state index in [-0.39, 0.29) is 61.5 Å². The van der Waals surface area contributed by atoms with Gasteiger partial charge < -0.3 is 14.4 Å². The topological polar surface area (TPSA) is 88.8 Å². The summed E-state index contributed by atoms with van der Waals surface area (Å²) in [5.74, 6) is -0.509. The van der Waals surface area contributed by atoms with E-state index in [2.05, 4.69) is 104 Å². The van der Waals surface area contributed by atoms with Crippen LogP contribution in [0.25, 0.3) is 118 Å². The molecule has 18 rings (SSSR count). The molecule has 0 saturated carbocycles. The predicted molar refractivity (Wildman–Crippen MR) is 460 cm³/mol. The molecule has 534 valence electrons. The Kier molecular flexibility index (Phi) is 11.6. The van der Waals surface area contributed by atoms with Gasteiger partial charge in [-0.25, -0.2) is 29.9 Å². The second-order valence-electron chi connectivity index (χ2n) is 31.9. The van der Waals surface area contributed by atoms with Gasteiger partial charge in [-0.15, -0.1) is 0 Å². The van der Waals surface area contributed by atoms with E-state index in [0.717, 1.165) is 16.7 Å². The van der Waals surface area contributed by atoms with E-state index in [9.17, 15) is 19.2 Å². The van der Waals surface area contributed by atoms with Crippen LogP contribution in [0, 0.1) is 0 Å². The molecule has 0 N–H and O–H groups in total. The van der Waals surface area contributed by atoms with Gasteiger partial charge in [0.1, 0.15) is 0 Å². The van der Waals surface area contributed by atoms with Crippen LogP contribution in [0.4, 0.5) is 34.1 Å². The Morgan fingerprint density at radius 2 is 0.645 bits per heavy atom. The lowest BCUT2D eigenvalue weighted by atomic mass is 9.33. The third-order valence-corrected chi connectivity index (χ3v) is 20.6. The van der Waals surface area contributed by atoms with E-state index in [4.69, 9.17) is 42.2 Å². The first kappa shape index (κ1) is 47.9. The molecule has 10 heteroatoms. The first-order valence-electron chi connectivity index (χ1n) is 48.0. The second kappa shape index (κ2) is 26.6. The maximum absolute atomic E-state index is 9.92. The zero-order valence-electron chi connectivity index (χ0n) is 85.7. The lowest BCUT2D eigenvalue weighted by molar-refractivity contribution is 0.569. The normalized spacial score (nSPS) is 15.8. The molecule has 0 aliphatic carbocycles. The fourth-order valence-corrected chi connectivity index (χ4v) is 14.8. The Bertz CT molecular complexity index is 7410. The van der Waals surface area contributed by atoms with Crippen LogP contribution in [0.1, 0.15) is 137 Å². The molecule has 0 saturated heterocycles. The molecule has 0 amide bonds. The van der Waals surface area contributed by atoms with Gasteiger partial charge in [0.25, 0.3) is 6.71 Å². The molecule has 3 aromatic heterocycles. The summed E-state index contributed by atoms with van der Waals surface area (Å²) < 4.78 is 216. The molecule has 0 spiro atoms. The van der Waals surface area contributed by atoms with Gasteiger partial charge in [0.15, 0.2) is 34.9 Å². The molecular formula is C100H86BN9. The highest BCUT2D eigenvalue weighted by molar-refractivity contribution is 7.00. The van der Waals surface area contributed by atoms with E-state index < -0.39 is 190 Å². The average molecular weight is 1450 g/mol. The van der Waals surface area contributed by atoms with E-state index in [1.807, 2.05) is 135 Å². The van der Waals surface area contributed by atoms with Gasteiger partial charge in [-0.1, -0.05) is 319 Å². The Balaban J connectivity index is 1.07. The fourth-order valence-electron chi connectivity index (χ4n) is 14.8. The van der Waals surface area contributed by atoms with Crippen molar-refractivity contribution in [1.29, 1.82) is 0 Å². The number of anilines is 6. The fraction of sp³-hybridized carbons (Fsp3) is 0.160. The first-order chi connectivity index (χ1) is 62.6. The summed E-state index contributed by atoms with van der Waals surface area (Å²) in [4.78, 5) is 35.3. The van der Waals surface area contributed by atoms with E-state index >= 15 is 0 Å². The van der Waals surface area contributed by atoms with Crippen molar-refractivity contribution < 1.29 is 31.5 Å². The third-order valence-electron chi connectivity index (χ3n) is 20.6. The van der Waals surface area contributed by atoms with Crippen molar-refractivity contribution in [3.05, 3.63) is 325 Å². The first-order valence-corrected chi connectivity index (χ1v) is 36.5. The maximum atomic E-state index is 9.92.